The van der Waals surface area contributed by atoms with Gasteiger partial charge in [0.05, 0.1) is 47.7 Å². The third-order valence-corrected chi connectivity index (χ3v) is 9.94. The molecule has 3 aromatic rings. The summed E-state index contributed by atoms with van der Waals surface area (Å²) >= 11 is 0. The Morgan fingerprint density at radius 2 is 1.77 bits per heavy atom. The molecule has 1 aliphatic carbocycles. The van der Waals surface area contributed by atoms with Gasteiger partial charge in [-0.05, 0) is 61.9 Å². The minimum atomic E-state index is -4.42. The molecule has 44 heavy (non-hydrogen) atoms. The fourth-order valence-corrected chi connectivity index (χ4v) is 7.31. The Morgan fingerprint density at radius 1 is 1.05 bits per heavy atom. The van der Waals surface area contributed by atoms with Crippen molar-refractivity contribution < 1.29 is 31.1 Å². The number of rotatable bonds is 8. The molecule has 0 spiro atoms. The third-order valence-electron chi connectivity index (χ3n) is 8.83. The van der Waals surface area contributed by atoms with Gasteiger partial charge in [0.15, 0.2) is 9.84 Å². The Balaban J connectivity index is 1.17. The van der Waals surface area contributed by atoms with Crippen molar-refractivity contribution in [1.82, 2.24) is 9.47 Å². The molecule has 236 valence electrons. The van der Waals surface area contributed by atoms with E-state index < -0.39 is 22.6 Å². The molecule has 4 heterocycles. The Morgan fingerprint density at radius 3 is 2.43 bits per heavy atom. The number of morpholine rings is 1. The van der Waals surface area contributed by atoms with Crippen LogP contribution in [0.15, 0.2) is 47.4 Å². The number of fused-ring (bicyclic) bond motifs is 3. The van der Waals surface area contributed by atoms with Crippen LogP contribution in [0.2, 0.25) is 0 Å². The minimum absolute atomic E-state index is 0.112. The van der Waals surface area contributed by atoms with Gasteiger partial charge >= 0.3 is 6.18 Å². The average molecular weight is 631 g/mol. The van der Waals surface area contributed by atoms with Crippen molar-refractivity contribution in [3.8, 4) is 17.6 Å². The number of aromatic nitrogens is 1. The van der Waals surface area contributed by atoms with Crippen LogP contribution in [0.3, 0.4) is 0 Å². The highest BCUT2D eigenvalue weighted by Crippen LogP contribution is 2.35. The summed E-state index contributed by atoms with van der Waals surface area (Å²) in [5.41, 5.74) is 2.08. The summed E-state index contributed by atoms with van der Waals surface area (Å²) in [4.78, 5) is 2.70. The second-order valence-electron chi connectivity index (χ2n) is 12.0. The zero-order valence-electron chi connectivity index (χ0n) is 24.8. The van der Waals surface area contributed by atoms with Crippen LogP contribution in [0.4, 0.5) is 24.5 Å². The first kappa shape index (κ1) is 30.6. The second kappa shape index (κ2) is 12.2. The molecule has 4 aliphatic rings. The van der Waals surface area contributed by atoms with Gasteiger partial charge in [-0.3, -0.25) is 4.90 Å². The number of benzene rings is 2. The van der Waals surface area contributed by atoms with Crippen molar-refractivity contribution in [1.29, 1.82) is 0 Å². The number of alkyl halides is 3. The lowest BCUT2D eigenvalue weighted by Gasteiger charge is -2.50. The van der Waals surface area contributed by atoms with Crippen LogP contribution in [0.5, 0.6) is 5.75 Å². The summed E-state index contributed by atoms with van der Waals surface area (Å²) in [6.07, 6.45) is 2.86. The van der Waals surface area contributed by atoms with E-state index in [9.17, 15) is 21.6 Å². The van der Waals surface area contributed by atoms with Crippen LogP contribution in [-0.2, 0) is 21.1 Å². The second-order valence-corrected chi connectivity index (χ2v) is 14.0. The highest BCUT2D eigenvalue weighted by atomic mass is 32.2. The number of sulfone groups is 1. The Labute approximate surface area is 255 Å². The molecule has 7 rings (SSSR count). The molecule has 2 aromatic carbocycles. The zero-order chi connectivity index (χ0) is 31.1. The van der Waals surface area contributed by atoms with Crippen LogP contribution >= 0.6 is 0 Å². The maximum atomic E-state index is 13.7. The van der Waals surface area contributed by atoms with Crippen LogP contribution in [-0.4, -0.2) is 81.4 Å². The van der Waals surface area contributed by atoms with E-state index in [4.69, 9.17) is 9.47 Å². The van der Waals surface area contributed by atoms with E-state index in [2.05, 4.69) is 27.4 Å². The first-order valence-electron chi connectivity index (χ1n) is 14.9. The number of hydrogen-bond donors (Lipinski definition) is 2. The normalized spacial score (nSPS) is 23.8. The molecule has 1 aromatic heterocycles. The van der Waals surface area contributed by atoms with Crippen molar-refractivity contribution in [2.24, 2.45) is 0 Å². The number of piperidine rings is 1. The van der Waals surface area contributed by atoms with Crippen LogP contribution in [0, 0.1) is 11.8 Å². The third kappa shape index (κ3) is 6.80. The first-order chi connectivity index (χ1) is 21.0. The summed E-state index contributed by atoms with van der Waals surface area (Å²) in [5.74, 6) is 6.16. The fourth-order valence-electron chi connectivity index (χ4n) is 6.68. The number of hydrogen-bond acceptors (Lipinski definition) is 7. The Hall–Kier alpha value is -3.40. The van der Waals surface area contributed by atoms with Gasteiger partial charge in [0.2, 0.25) is 0 Å². The quantitative estimate of drug-likeness (QED) is 0.328. The van der Waals surface area contributed by atoms with E-state index in [0.29, 0.717) is 40.6 Å². The maximum absolute atomic E-state index is 13.7. The maximum Gasteiger partial charge on any atom is 0.406 e. The standard InChI is InChI=1S/C32H37F3N4O4S/c1-42-31-17-26(44(2,40)41)12-13-29(31)36-14-4-5-23-15-27-28(6-3-7-30(27)39(23)20-32(33,34)35)37-21-8-10-22(11-9-21)38-18-24-16-25(19-38)43-24/h3,6-7,12-13,15,17,21-22,24-25,36-37H,8-11,14,16,18-20H2,1-2H3/t21-,22-,24?,25?. The van der Waals surface area contributed by atoms with Gasteiger partial charge in [0, 0.05) is 55.0 Å². The first-order valence-corrected chi connectivity index (χ1v) is 16.8. The number of halogens is 3. The van der Waals surface area contributed by atoms with E-state index in [1.54, 1.807) is 24.3 Å². The smallest absolute Gasteiger partial charge is 0.406 e. The van der Waals surface area contributed by atoms with E-state index in [-0.39, 0.29) is 23.2 Å². The average Bonchev–Trinajstić information content (AvgIpc) is 3.31. The number of anilines is 2. The van der Waals surface area contributed by atoms with Crippen molar-refractivity contribution in [3.63, 3.8) is 0 Å². The van der Waals surface area contributed by atoms with Crippen molar-refractivity contribution in [3.05, 3.63) is 48.2 Å². The van der Waals surface area contributed by atoms with Gasteiger partial charge in [0.1, 0.15) is 12.3 Å². The van der Waals surface area contributed by atoms with Gasteiger partial charge in [0.25, 0.3) is 0 Å². The molecule has 2 atom stereocenters. The summed E-state index contributed by atoms with van der Waals surface area (Å²) < 4.78 is 77.0. The lowest BCUT2D eigenvalue weighted by molar-refractivity contribution is -0.189. The van der Waals surface area contributed by atoms with E-state index in [1.165, 1.54) is 30.2 Å². The Kier molecular flexibility index (Phi) is 8.48. The van der Waals surface area contributed by atoms with Gasteiger partial charge in [-0.1, -0.05) is 12.0 Å². The van der Waals surface area contributed by atoms with Crippen molar-refractivity contribution in [2.75, 3.05) is 43.6 Å². The summed E-state index contributed by atoms with van der Waals surface area (Å²) in [6.45, 7) is 1.01. The summed E-state index contributed by atoms with van der Waals surface area (Å²) in [7, 11) is -1.98. The topological polar surface area (TPSA) is 84.8 Å². The predicted octanol–water partition coefficient (Wildman–Crippen LogP) is 5.28. The molecule has 1 saturated carbocycles. The van der Waals surface area contributed by atoms with E-state index in [1.807, 2.05) is 6.07 Å². The van der Waals surface area contributed by atoms with Crippen molar-refractivity contribution >= 4 is 32.1 Å². The molecular formula is C32H37F3N4O4S. The summed E-state index contributed by atoms with van der Waals surface area (Å²) in [5, 5.41) is 7.40. The van der Waals surface area contributed by atoms with Crippen LogP contribution in [0.25, 0.3) is 10.9 Å². The van der Waals surface area contributed by atoms with Crippen LogP contribution < -0.4 is 15.4 Å². The largest absolute Gasteiger partial charge is 0.495 e. The monoisotopic (exact) mass is 630 g/mol. The minimum Gasteiger partial charge on any atom is -0.495 e. The number of nitrogens with zero attached hydrogens (tertiary/aromatic N) is 2. The molecule has 12 heteroatoms. The molecule has 3 aliphatic heterocycles. The van der Waals surface area contributed by atoms with Gasteiger partial charge in [-0.15, -0.1) is 0 Å². The molecule has 0 amide bonds. The molecule has 2 bridgehead atoms. The lowest BCUT2D eigenvalue weighted by atomic mass is 9.87. The molecule has 3 saturated heterocycles. The predicted molar refractivity (Wildman–Crippen MR) is 164 cm³/mol. The number of ether oxygens (including phenoxy) is 2. The highest BCUT2D eigenvalue weighted by molar-refractivity contribution is 7.90. The molecule has 0 radical (unpaired) electrons. The number of nitrogens with one attached hydrogen (secondary N) is 2. The van der Waals surface area contributed by atoms with E-state index in [0.717, 1.165) is 50.7 Å². The number of methoxy groups -OCH3 is 1. The molecule has 2 unspecified atom stereocenters. The van der Waals surface area contributed by atoms with Crippen LogP contribution in [0.1, 0.15) is 37.8 Å². The molecule has 4 fully saturated rings. The van der Waals surface area contributed by atoms with Gasteiger partial charge in [-0.2, -0.15) is 13.2 Å². The molecule has 8 nitrogen and oxygen atoms in total. The van der Waals surface area contributed by atoms with E-state index >= 15 is 0 Å². The SMILES string of the molecule is COc1cc(S(C)(=O)=O)ccc1NCC#Cc1cc2c(N[C@H]3CC[C@H](N4CC5CC(C4)O5)CC3)cccc2n1CC(F)(F)F. The van der Waals surface area contributed by atoms with Gasteiger partial charge in [-0.25, -0.2) is 8.42 Å². The molecule has 2 N–H and O–H groups in total. The lowest BCUT2D eigenvalue weighted by Crippen LogP contribution is -2.60. The molecular weight excluding hydrogens is 593 g/mol. The zero-order valence-corrected chi connectivity index (χ0v) is 25.6. The fraction of sp³-hybridized carbons (Fsp3) is 0.500. The van der Waals surface area contributed by atoms with Crippen molar-refractivity contribution in [2.45, 2.75) is 74.0 Å². The Bertz CT molecular complexity index is 1670. The summed E-state index contributed by atoms with van der Waals surface area (Å²) in [6, 6.07) is 12.4. The highest BCUT2D eigenvalue weighted by Gasteiger charge is 2.41. The van der Waals surface area contributed by atoms with Gasteiger partial charge < -0.3 is 24.7 Å².